The molecule has 158 valence electrons. The lowest BCUT2D eigenvalue weighted by Gasteiger charge is -2.35. The monoisotopic (exact) mass is 468 g/mol. The van der Waals surface area contributed by atoms with E-state index < -0.39 is 12.0 Å². The van der Waals surface area contributed by atoms with Crippen LogP contribution >= 0.6 is 15.9 Å². The molecule has 0 spiro atoms. The summed E-state index contributed by atoms with van der Waals surface area (Å²) in [6.07, 6.45) is -5.08. The van der Waals surface area contributed by atoms with Gasteiger partial charge in [-0.15, -0.1) is 13.2 Å². The molecular formula is C18H24BrF3N2O4. The van der Waals surface area contributed by atoms with Crippen molar-refractivity contribution in [1.82, 2.24) is 9.80 Å². The Hall–Kier alpha value is -1.68. The molecule has 0 radical (unpaired) electrons. The average Bonchev–Trinajstić information content (AvgIpc) is 2.55. The van der Waals surface area contributed by atoms with Gasteiger partial charge in [0, 0.05) is 38.8 Å². The van der Waals surface area contributed by atoms with Crippen LogP contribution in [-0.4, -0.2) is 67.2 Å². The SMILES string of the molecule is CC(C)(C)OC(=O)N1CCN(CCOc2cc(OC(F)(F)F)ccc2Br)CC1. The minimum absolute atomic E-state index is 0.272. The lowest BCUT2D eigenvalue weighted by Crippen LogP contribution is -2.50. The first kappa shape index (κ1) is 22.6. The number of nitrogens with zero attached hydrogens (tertiary/aromatic N) is 2. The lowest BCUT2D eigenvalue weighted by molar-refractivity contribution is -0.274. The first-order chi connectivity index (χ1) is 12.9. The van der Waals surface area contributed by atoms with E-state index in [0.717, 1.165) is 0 Å². The van der Waals surface area contributed by atoms with Crippen molar-refractivity contribution >= 4 is 22.0 Å². The molecule has 28 heavy (non-hydrogen) atoms. The average molecular weight is 469 g/mol. The molecule has 1 aromatic rings. The van der Waals surface area contributed by atoms with E-state index in [1.165, 1.54) is 18.2 Å². The Morgan fingerprint density at radius 3 is 2.36 bits per heavy atom. The molecule has 1 heterocycles. The molecule has 2 rings (SSSR count). The van der Waals surface area contributed by atoms with E-state index in [1.54, 1.807) is 4.90 Å². The van der Waals surface area contributed by atoms with Gasteiger partial charge < -0.3 is 19.1 Å². The Balaban J connectivity index is 1.77. The molecule has 0 unspecified atom stereocenters. The Kier molecular flexibility index (Phi) is 7.44. The van der Waals surface area contributed by atoms with Gasteiger partial charge in [-0.05, 0) is 48.8 Å². The molecule has 1 amide bonds. The summed E-state index contributed by atoms with van der Waals surface area (Å²) in [5.74, 6) is -0.0641. The zero-order valence-electron chi connectivity index (χ0n) is 16.0. The first-order valence-corrected chi connectivity index (χ1v) is 9.61. The Bertz CT molecular complexity index is 672. The molecule has 1 fully saturated rings. The third-order valence-electron chi connectivity index (χ3n) is 3.83. The van der Waals surface area contributed by atoms with Crippen molar-refractivity contribution in [2.45, 2.75) is 32.7 Å². The number of carbonyl (C=O) groups is 1. The van der Waals surface area contributed by atoms with Gasteiger partial charge in [-0.3, -0.25) is 4.90 Å². The number of carbonyl (C=O) groups excluding carboxylic acids is 1. The van der Waals surface area contributed by atoms with E-state index in [0.29, 0.717) is 43.8 Å². The van der Waals surface area contributed by atoms with Crippen molar-refractivity contribution in [3.8, 4) is 11.5 Å². The highest BCUT2D eigenvalue weighted by Crippen LogP contribution is 2.32. The number of hydrogen-bond donors (Lipinski definition) is 0. The molecule has 0 aliphatic carbocycles. The maximum atomic E-state index is 12.3. The number of hydrogen-bond acceptors (Lipinski definition) is 5. The topological polar surface area (TPSA) is 51.2 Å². The number of amides is 1. The fraction of sp³-hybridized carbons (Fsp3) is 0.611. The van der Waals surface area contributed by atoms with Crippen LogP contribution in [0, 0.1) is 0 Å². The number of ether oxygens (including phenoxy) is 3. The number of alkyl halides is 3. The van der Waals surface area contributed by atoms with Crippen molar-refractivity contribution in [2.24, 2.45) is 0 Å². The fourth-order valence-electron chi connectivity index (χ4n) is 2.56. The normalized spacial score (nSPS) is 16.0. The van der Waals surface area contributed by atoms with Crippen LogP contribution in [0.2, 0.25) is 0 Å². The van der Waals surface area contributed by atoms with Gasteiger partial charge in [-0.1, -0.05) is 0 Å². The zero-order chi connectivity index (χ0) is 20.9. The maximum Gasteiger partial charge on any atom is 0.573 e. The van der Waals surface area contributed by atoms with Crippen LogP contribution in [0.25, 0.3) is 0 Å². The standard InChI is InChI=1S/C18H24BrF3N2O4/c1-17(2,3)28-16(25)24-8-6-23(7-9-24)10-11-26-15-12-13(4-5-14(15)19)27-18(20,21)22/h4-5,12H,6-11H2,1-3H3. The summed E-state index contributed by atoms with van der Waals surface area (Å²) in [7, 11) is 0. The number of halogens is 4. The summed E-state index contributed by atoms with van der Waals surface area (Å²) in [6.45, 7) is 8.78. The summed E-state index contributed by atoms with van der Waals surface area (Å²) in [4.78, 5) is 15.8. The Labute approximate surface area is 170 Å². The largest absolute Gasteiger partial charge is 0.573 e. The van der Waals surface area contributed by atoms with E-state index >= 15 is 0 Å². The quantitative estimate of drug-likeness (QED) is 0.645. The number of rotatable bonds is 5. The van der Waals surface area contributed by atoms with Gasteiger partial charge in [0.05, 0.1) is 4.47 Å². The highest BCUT2D eigenvalue weighted by molar-refractivity contribution is 9.10. The van der Waals surface area contributed by atoms with Gasteiger partial charge in [0.2, 0.25) is 0 Å². The van der Waals surface area contributed by atoms with Crippen molar-refractivity contribution in [3.63, 3.8) is 0 Å². The van der Waals surface area contributed by atoms with Crippen LogP contribution in [0.3, 0.4) is 0 Å². The van der Waals surface area contributed by atoms with E-state index in [2.05, 4.69) is 25.6 Å². The van der Waals surface area contributed by atoms with Gasteiger partial charge in [0.15, 0.2) is 0 Å². The molecule has 0 bridgehead atoms. The van der Waals surface area contributed by atoms with E-state index in [9.17, 15) is 18.0 Å². The van der Waals surface area contributed by atoms with Crippen LogP contribution in [0.1, 0.15) is 20.8 Å². The molecule has 6 nitrogen and oxygen atoms in total. The number of piperazine rings is 1. The first-order valence-electron chi connectivity index (χ1n) is 8.81. The van der Waals surface area contributed by atoms with Gasteiger partial charge in [-0.2, -0.15) is 0 Å². The summed E-state index contributed by atoms with van der Waals surface area (Å²) in [5, 5.41) is 0. The highest BCUT2D eigenvalue weighted by atomic mass is 79.9. The Morgan fingerprint density at radius 1 is 1.14 bits per heavy atom. The molecule has 0 atom stereocenters. The smallest absolute Gasteiger partial charge is 0.491 e. The second kappa shape index (κ2) is 9.21. The molecule has 1 aliphatic heterocycles. The van der Waals surface area contributed by atoms with Crippen LogP contribution in [-0.2, 0) is 4.74 Å². The van der Waals surface area contributed by atoms with E-state index in [4.69, 9.17) is 9.47 Å². The minimum atomic E-state index is -4.75. The predicted octanol–water partition coefficient (Wildman–Crippen LogP) is 4.28. The molecule has 0 aromatic heterocycles. The minimum Gasteiger partial charge on any atom is -0.491 e. The van der Waals surface area contributed by atoms with Gasteiger partial charge in [0.25, 0.3) is 0 Å². The molecule has 1 saturated heterocycles. The summed E-state index contributed by atoms with van der Waals surface area (Å²) >= 11 is 3.25. The molecule has 0 saturated carbocycles. The molecule has 10 heteroatoms. The highest BCUT2D eigenvalue weighted by Gasteiger charge is 2.31. The summed E-state index contributed by atoms with van der Waals surface area (Å²) < 4.78 is 52.4. The molecule has 0 N–H and O–H groups in total. The Morgan fingerprint density at radius 2 is 1.79 bits per heavy atom. The zero-order valence-corrected chi connectivity index (χ0v) is 17.6. The number of benzene rings is 1. The second-order valence-electron chi connectivity index (χ2n) is 7.30. The van der Waals surface area contributed by atoms with Crippen molar-refractivity contribution < 1.29 is 32.2 Å². The van der Waals surface area contributed by atoms with Crippen molar-refractivity contribution in [3.05, 3.63) is 22.7 Å². The van der Waals surface area contributed by atoms with Gasteiger partial charge >= 0.3 is 12.5 Å². The van der Waals surface area contributed by atoms with Crippen LogP contribution in [0.5, 0.6) is 11.5 Å². The fourth-order valence-corrected chi connectivity index (χ4v) is 2.92. The van der Waals surface area contributed by atoms with Gasteiger partial charge in [0.1, 0.15) is 23.7 Å². The molecule has 1 aliphatic rings. The van der Waals surface area contributed by atoms with Crippen LogP contribution in [0.15, 0.2) is 22.7 Å². The van der Waals surface area contributed by atoms with Crippen molar-refractivity contribution in [2.75, 3.05) is 39.3 Å². The van der Waals surface area contributed by atoms with E-state index in [-0.39, 0.29) is 17.6 Å². The summed E-state index contributed by atoms with van der Waals surface area (Å²) in [5.41, 5.74) is -0.528. The van der Waals surface area contributed by atoms with Gasteiger partial charge in [-0.25, -0.2) is 4.79 Å². The third-order valence-corrected chi connectivity index (χ3v) is 4.48. The summed E-state index contributed by atoms with van der Waals surface area (Å²) in [6, 6.07) is 3.84. The van der Waals surface area contributed by atoms with Crippen molar-refractivity contribution in [1.29, 1.82) is 0 Å². The van der Waals surface area contributed by atoms with E-state index in [1.807, 2.05) is 20.8 Å². The van der Waals surface area contributed by atoms with Crippen LogP contribution < -0.4 is 9.47 Å². The molecular weight excluding hydrogens is 445 g/mol. The van der Waals surface area contributed by atoms with Crippen LogP contribution in [0.4, 0.5) is 18.0 Å². The second-order valence-corrected chi connectivity index (χ2v) is 8.15. The third kappa shape index (κ3) is 7.75. The maximum absolute atomic E-state index is 12.3. The lowest BCUT2D eigenvalue weighted by atomic mass is 10.2. The predicted molar refractivity (Wildman–Crippen MR) is 101 cm³/mol. The molecule has 1 aromatic carbocycles.